The number of rotatable bonds is 3. The Labute approximate surface area is 97.0 Å². The number of nitrogens with one attached hydrogen (secondary N) is 1. The van der Waals surface area contributed by atoms with Crippen LogP contribution in [0.15, 0.2) is 6.20 Å². The summed E-state index contributed by atoms with van der Waals surface area (Å²) in [6, 6.07) is 0. The maximum absolute atomic E-state index is 5.53. The van der Waals surface area contributed by atoms with E-state index in [2.05, 4.69) is 24.3 Å². The van der Waals surface area contributed by atoms with Crippen molar-refractivity contribution in [2.45, 2.75) is 38.8 Å². The third-order valence-electron chi connectivity index (χ3n) is 3.48. The first kappa shape index (κ1) is 11.6. The second-order valence-electron chi connectivity index (χ2n) is 4.95. The van der Waals surface area contributed by atoms with Gasteiger partial charge in [-0.3, -0.25) is 4.68 Å². The lowest BCUT2D eigenvalue weighted by atomic mass is 9.94. The summed E-state index contributed by atoms with van der Waals surface area (Å²) in [6.45, 7) is 6.93. The van der Waals surface area contributed by atoms with Crippen LogP contribution in [0.4, 0.5) is 0 Å². The van der Waals surface area contributed by atoms with E-state index in [0.29, 0.717) is 0 Å². The van der Waals surface area contributed by atoms with Crippen molar-refractivity contribution in [3.05, 3.63) is 17.5 Å². The fraction of sp³-hybridized carbons (Fsp3) is 0.750. The molecule has 0 aromatic carbocycles. The summed E-state index contributed by atoms with van der Waals surface area (Å²) in [5.41, 5.74) is 2.63. The van der Waals surface area contributed by atoms with Crippen LogP contribution in [0.3, 0.4) is 0 Å². The standard InChI is InChI=1S/C12H21N3O/c1-10-11(8-14-15(10)3)7-13-12(2)5-4-6-16-9-12/h8,13H,4-7,9H2,1-3H3. The van der Waals surface area contributed by atoms with Crippen LogP contribution >= 0.6 is 0 Å². The zero-order valence-electron chi connectivity index (χ0n) is 10.4. The molecule has 0 saturated carbocycles. The quantitative estimate of drug-likeness (QED) is 0.841. The van der Waals surface area contributed by atoms with Crippen LogP contribution in [0.2, 0.25) is 0 Å². The molecule has 4 heteroatoms. The Hall–Kier alpha value is -0.870. The molecule has 0 amide bonds. The van der Waals surface area contributed by atoms with Gasteiger partial charge in [-0.1, -0.05) is 0 Å². The molecule has 0 bridgehead atoms. The number of aromatic nitrogens is 2. The van der Waals surface area contributed by atoms with E-state index in [4.69, 9.17) is 4.74 Å². The van der Waals surface area contributed by atoms with Crippen molar-refractivity contribution in [3.8, 4) is 0 Å². The first-order valence-corrected chi connectivity index (χ1v) is 5.91. The van der Waals surface area contributed by atoms with Crippen molar-refractivity contribution in [1.29, 1.82) is 0 Å². The van der Waals surface area contributed by atoms with E-state index in [1.165, 1.54) is 17.7 Å². The lowest BCUT2D eigenvalue weighted by molar-refractivity contribution is 0.0277. The summed E-state index contributed by atoms with van der Waals surface area (Å²) in [5.74, 6) is 0. The lowest BCUT2D eigenvalue weighted by Gasteiger charge is -2.34. The number of aryl methyl sites for hydroxylation is 1. The predicted octanol–water partition coefficient (Wildman–Crippen LogP) is 1.39. The fourth-order valence-corrected chi connectivity index (χ4v) is 2.10. The van der Waals surface area contributed by atoms with Crippen molar-refractivity contribution < 1.29 is 4.74 Å². The van der Waals surface area contributed by atoms with Gasteiger partial charge < -0.3 is 10.1 Å². The van der Waals surface area contributed by atoms with Crippen molar-refractivity contribution in [3.63, 3.8) is 0 Å². The van der Waals surface area contributed by atoms with Crippen LogP contribution in [0.25, 0.3) is 0 Å². The summed E-state index contributed by atoms with van der Waals surface area (Å²) in [5, 5.41) is 7.84. The smallest absolute Gasteiger partial charge is 0.0645 e. The molecule has 1 aromatic rings. The summed E-state index contributed by atoms with van der Waals surface area (Å²) in [4.78, 5) is 0. The molecular weight excluding hydrogens is 202 g/mol. The summed E-state index contributed by atoms with van der Waals surface area (Å²) in [7, 11) is 1.98. The van der Waals surface area contributed by atoms with Crippen LogP contribution in [0, 0.1) is 6.92 Å². The van der Waals surface area contributed by atoms with Gasteiger partial charge in [0.25, 0.3) is 0 Å². The van der Waals surface area contributed by atoms with Gasteiger partial charge in [0.05, 0.1) is 12.8 Å². The topological polar surface area (TPSA) is 39.1 Å². The lowest BCUT2D eigenvalue weighted by Crippen LogP contribution is -2.48. The zero-order valence-corrected chi connectivity index (χ0v) is 10.4. The Morgan fingerprint density at radius 3 is 3.00 bits per heavy atom. The minimum Gasteiger partial charge on any atom is -0.380 e. The molecule has 2 heterocycles. The van der Waals surface area contributed by atoms with Gasteiger partial charge in [-0.15, -0.1) is 0 Å². The largest absolute Gasteiger partial charge is 0.380 e. The number of hydrogen-bond acceptors (Lipinski definition) is 3. The maximum atomic E-state index is 5.53. The van der Waals surface area contributed by atoms with E-state index in [1.54, 1.807) is 0 Å². The summed E-state index contributed by atoms with van der Waals surface area (Å²) in [6.07, 6.45) is 4.28. The molecule has 0 spiro atoms. The van der Waals surface area contributed by atoms with Crippen LogP contribution in [0.5, 0.6) is 0 Å². The van der Waals surface area contributed by atoms with E-state index in [1.807, 2.05) is 17.9 Å². The molecule has 4 nitrogen and oxygen atoms in total. The van der Waals surface area contributed by atoms with E-state index in [-0.39, 0.29) is 5.54 Å². The Kier molecular flexibility index (Phi) is 3.30. The second-order valence-corrected chi connectivity index (χ2v) is 4.95. The normalized spacial score (nSPS) is 25.9. The van der Waals surface area contributed by atoms with Gasteiger partial charge in [0, 0.05) is 37.0 Å². The minimum atomic E-state index is 0.126. The van der Waals surface area contributed by atoms with E-state index < -0.39 is 0 Å². The molecule has 16 heavy (non-hydrogen) atoms. The molecule has 2 rings (SSSR count). The Bertz CT molecular complexity index is 353. The molecule has 0 aliphatic carbocycles. The van der Waals surface area contributed by atoms with Crippen molar-refractivity contribution in [2.75, 3.05) is 13.2 Å². The Morgan fingerprint density at radius 1 is 1.62 bits per heavy atom. The third-order valence-corrected chi connectivity index (χ3v) is 3.48. The summed E-state index contributed by atoms with van der Waals surface area (Å²) >= 11 is 0. The van der Waals surface area contributed by atoms with Crippen molar-refractivity contribution >= 4 is 0 Å². The molecular formula is C12H21N3O. The van der Waals surface area contributed by atoms with Crippen LogP contribution in [0.1, 0.15) is 31.0 Å². The molecule has 0 radical (unpaired) electrons. The van der Waals surface area contributed by atoms with E-state index >= 15 is 0 Å². The maximum Gasteiger partial charge on any atom is 0.0645 e. The van der Waals surface area contributed by atoms with E-state index in [0.717, 1.165) is 26.2 Å². The molecule has 1 aliphatic rings. The van der Waals surface area contributed by atoms with Gasteiger partial charge in [-0.2, -0.15) is 5.10 Å². The van der Waals surface area contributed by atoms with Gasteiger partial charge in [0.1, 0.15) is 0 Å². The van der Waals surface area contributed by atoms with E-state index in [9.17, 15) is 0 Å². The molecule has 90 valence electrons. The SMILES string of the molecule is Cc1c(CNC2(C)CCCOC2)cnn1C. The highest BCUT2D eigenvalue weighted by atomic mass is 16.5. The highest BCUT2D eigenvalue weighted by Crippen LogP contribution is 2.19. The molecule has 1 unspecified atom stereocenters. The number of nitrogens with zero attached hydrogens (tertiary/aromatic N) is 2. The van der Waals surface area contributed by atoms with Gasteiger partial charge >= 0.3 is 0 Å². The van der Waals surface area contributed by atoms with Gasteiger partial charge in [-0.25, -0.2) is 0 Å². The molecule has 1 fully saturated rings. The van der Waals surface area contributed by atoms with Gasteiger partial charge in [0.15, 0.2) is 0 Å². The molecule has 1 saturated heterocycles. The van der Waals surface area contributed by atoms with Crippen LogP contribution < -0.4 is 5.32 Å². The summed E-state index contributed by atoms with van der Waals surface area (Å²) < 4.78 is 7.44. The molecule has 1 aliphatic heterocycles. The monoisotopic (exact) mass is 223 g/mol. The van der Waals surface area contributed by atoms with Gasteiger partial charge in [-0.05, 0) is 26.7 Å². The Balaban J connectivity index is 1.93. The highest BCUT2D eigenvalue weighted by molar-refractivity contribution is 5.15. The minimum absolute atomic E-state index is 0.126. The first-order valence-electron chi connectivity index (χ1n) is 5.91. The average Bonchev–Trinajstić information content (AvgIpc) is 2.58. The average molecular weight is 223 g/mol. The number of hydrogen-bond donors (Lipinski definition) is 1. The zero-order chi connectivity index (χ0) is 11.6. The van der Waals surface area contributed by atoms with Crippen molar-refractivity contribution in [1.82, 2.24) is 15.1 Å². The first-order chi connectivity index (χ1) is 7.61. The third kappa shape index (κ3) is 2.44. The van der Waals surface area contributed by atoms with Gasteiger partial charge in [0.2, 0.25) is 0 Å². The molecule has 1 atom stereocenters. The second kappa shape index (κ2) is 4.55. The predicted molar refractivity (Wildman–Crippen MR) is 63.2 cm³/mol. The molecule has 1 N–H and O–H groups in total. The highest BCUT2D eigenvalue weighted by Gasteiger charge is 2.26. The fourth-order valence-electron chi connectivity index (χ4n) is 2.10. The number of ether oxygens (including phenoxy) is 1. The van der Waals surface area contributed by atoms with Crippen LogP contribution in [-0.2, 0) is 18.3 Å². The van der Waals surface area contributed by atoms with Crippen LogP contribution in [-0.4, -0.2) is 28.5 Å². The Morgan fingerprint density at radius 2 is 2.44 bits per heavy atom. The van der Waals surface area contributed by atoms with Crippen molar-refractivity contribution in [2.24, 2.45) is 7.05 Å². The molecule has 1 aromatic heterocycles.